The van der Waals surface area contributed by atoms with Crippen molar-refractivity contribution in [2.24, 2.45) is 17.8 Å². The Bertz CT molecular complexity index is 455. The number of nitrogens with zero attached hydrogens (tertiary/aromatic N) is 1. The van der Waals surface area contributed by atoms with E-state index in [4.69, 9.17) is 0 Å². The molecular formula is C20H38N4O. The molecule has 25 heavy (non-hydrogen) atoms. The van der Waals surface area contributed by atoms with Crippen LogP contribution in [0.5, 0.6) is 0 Å². The van der Waals surface area contributed by atoms with Crippen molar-refractivity contribution >= 4 is 5.91 Å². The normalized spacial score (nSPS) is 39.9. The zero-order valence-electron chi connectivity index (χ0n) is 16.6. The molecule has 2 heterocycles. The number of nitrogens with one attached hydrogen (secondary N) is 3. The van der Waals surface area contributed by atoms with Gasteiger partial charge in [0, 0.05) is 18.6 Å². The van der Waals surface area contributed by atoms with Crippen LogP contribution in [0.15, 0.2) is 0 Å². The van der Waals surface area contributed by atoms with Crippen LogP contribution in [0.25, 0.3) is 0 Å². The highest BCUT2D eigenvalue weighted by atomic mass is 16.2. The van der Waals surface area contributed by atoms with Crippen molar-refractivity contribution in [1.82, 2.24) is 20.9 Å². The predicted octanol–water partition coefficient (Wildman–Crippen LogP) is 1.59. The third kappa shape index (κ3) is 4.55. The van der Waals surface area contributed by atoms with Crippen LogP contribution in [0.2, 0.25) is 0 Å². The zero-order valence-corrected chi connectivity index (χ0v) is 16.6. The summed E-state index contributed by atoms with van der Waals surface area (Å²) in [5, 5.41) is 10.7. The fraction of sp³-hybridized carbons (Fsp3) is 0.950. The molecule has 0 bridgehead atoms. The van der Waals surface area contributed by atoms with Crippen LogP contribution in [0, 0.1) is 17.8 Å². The van der Waals surface area contributed by atoms with E-state index in [1.807, 2.05) is 0 Å². The van der Waals surface area contributed by atoms with Gasteiger partial charge in [-0.3, -0.25) is 4.79 Å². The summed E-state index contributed by atoms with van der Waals surface area (Å²) in [5.74, 6) is 2.22. The molecule has 144 valence electrons. The first kappa shape index (κ1) is 19.1. The second-order valence-electron chi connectivity index (χ2n) is 9.13. The highest BCUT2D eigenvalue weighted by molar-refractivity contribution is 5.82. The van der Waals surface area contributed by atoms with Crippen LogP contribution in [-0.2, 0) is 4.79 Å². The molecule has 3 fully saturated rings. The Balaban J connectivity index is 1.62. The second-order valence-corrected chi connectivity index (χ2v) is 9.13. The van der Waals surface area contributed by atoms with Crippen LogP contribution < -0.4 is 16.0 Å². The van der Waals surface area contributed by atoms with Crippen molar-refractivity contribution < 1.29 is 4.79 Å². The molecule has 2 saturated heterocycles. The number of hydrogen-bond acceptors (Lipinski definition) is 4. The molecule has 0 aromatic rings. The molecule has 3 aliphatic rings. The Morgan fingerprint density at radius 3 is 2.60 bits per heavy atom. The van der Waals surface area contributed by atoms with Gasteiger partial charge in [-0.25, -0.2) is 0 Å². The molecule has 7 unspecified atom stereocenters. The monoisotopic (exact) mass is 350 g/mol. The van der Waals surface area contributed by atoms with Crippen LogP contribution in [0.4, 0.5) is 0 Å². The first-order valence-corrected chi connectivity index (χ1v) is 10.4. The van der Waals surface area contributed by atoms with Gasteiger partial charge in [0.05, 0.1) is 12.1 Å². The van der Waals surface area contributed by atoms with E-state index in [9.17, 15) is 4.79 Å². The second kappa shape index (κ2) is 8.36. The van der Waals surface area contributed by atoms with E-state index in [0.29, 0.717) is 29.8 Å². The van der Waals surface area contributed by atoms with Gasteiger partial charge in [0.2, 0.25) is 5.91 Å². The average molecular weight is 351 g/mol. The molecule has 7 atom stereocenters. The first-order valence-electron chi connectivity index (χ1n) is 10.4. The van der Waals surface area contributed by atoms with Crippen LogP contribution in [0.1, 0.15) is 52.4 Å². The lowest BCUT2D eigenvalue weighted by molar-refractivity contribution is -0.124. The van der Waals surface area contributed by atoms with E-state index >= 15 is 0 Å². The molecule has 0 radical (unpaired) electrons. The van der Waals surface area contributed by atoms with Gasteiger partial charge < -0.3 is 20.9 Å². The van der Waals surface area contributed by atoms with E-state index in [0.717, 1.165) is 19.5 Å². The van der Waals surface area contributed by atoms with Gasteiger partial charge in [0.15, 0.2) is 0 Å². The van der Waals surface area contributed by atoms with E-state index < -0.39 is 0 Å². The van der Waals surface area contributed by atoms with Crippen molar-refractivity contribution in [3.05, 3.63) is 0 Å². The van der Waals surface area contributed by atoms with E-state index in [1.54, 1.807) is 0 Å². The quantitative estimate of drug-likeness (QED) is 0.705. The standard InChI is InChI=1S/C20H38N4O/c1-13-7-5-9-15-11-16(22-18(13)15)20(25)23-17(12-24(3)4)19-14(2)8-6-10-21-19/h13-19,21-22H,5-12H2,1-4H3,(H,23,25). The van der Waals surface area contributed by atoms with E-state index in [1.165, 1.54) is 32.1 Å². The summed E-state index contributed by atoms with van der Waals surface area (Å²) in [6, 6.07) is 1.10. The van der Waals surface area contributed by atoms with Gasteiger partial charge >= 0.3 is 0 Å². The lowest BCUT2D eigenvalue weighted by atomic mass is 9.78. The highest BCUT2D eigenvalue weighted by Crippen LogP contribution is 2.36. The predicted molar refractivity (Wildman–Crippen MR) is 103 cm³/mol. The number of carbonyl (C=O) groups is 1. The molecule has 0 aromatic carbocycles. The van der Waals surface area contributed by atoms with Gasteiger partial charge in [-0.2, -0.15) is 0 Å². The fourth-order valence-corrected chi connectivity index (χ4v) is 5.41. The Kier molecular flexibility index (Phi) is 6.39. The Morgan fingerprint density at radius 2 is 1.92 bits per heavy atom. The van der Waals surface area contributed by atoms with Gasteiger partial charge in [-0.15, -0.1) is 0 Å². The molecule has 5 nitrogen and oxygen atoms in total. The third-order valence-corrected chi connectivity index (χ3v) is 6.76. The maximum absolute atomic E-state index is 13.0. The number of hydrogen-bond donors (Lipinski definition) is 3. The molecule has 3 rings (SSSR count). The summed E-state index contributed by atoms with van der Waals surface area (Å²) in [7, 11) is 4.19. The van der Waals surface area contributed by atoms with Crippen LogP contribution in [0.3, 0.4) is 0 Å². The van der Waals surface area contributed by atoms with E-state index in [-0.39, 0.29) is 18.0 Å². The van der Waals surface area contributed by atoms with Crippen molar-refractivity contribution in [1.29, 1.82) is 0 Å². The lowest BCUT2D eigenvalue weighted by Crippen LogP contribution is -2.60. The summed E-state index contributed by atoms with van der Waals surface area (Å²) in [6.45, 7) is 6.62. The fourth-order valence-electron chi connectivity index (χ4n) is 5.41. The smallest absolute Gasteiger partial charge is 0.237 e. The van der Waals surface area contributed by atoms with Gasteiger partial charge in [-0.1, -0.05) is 20.3 Å². The number of likely N-dealkylation sites (N-methyl/N-ethyl adjacent to an activating group) is 1. The summed E-state index contributed by atoms with van der Waals surface area (Å²) >= 11 is 0. The molecule has 1 saturated carbocycles. The molecule has 5 heteroatoms. The van der Waals surface area contributed by atoms with Crippen molar-refractivity contribution in [3.8, 4) is 0 Å². The van der Waals surface area contributed by atoms with Gasteiger partial charge in [0.25, 0.3) is 0 Å². The Morgan fingerprint density at radius 1 is 1.16 bits per heavy atom. The minimum atomic E-state index is -0.000825. The molecule has 0 spiro atoms. The number of piperidine rings is 1. The summed E-state index contributed by atoms with van der Waals surface area (Å²) in [4.78, 5) is 15.2. The van der Waals surface area contributed by atoms with Crippen molar-refractivity contribution in [3.63, 3.8) is 0 Å². The minimum absolute atomic E-state index is 0.000825. The number of rotatable bonds is 5. The maximum atomic E-state index is 13.0. The SMILES string of the molecule is CC1CCCC2CC(C(=O)NC(CN(C)C)C3NCCCC3C)NC12. The minimum Gasteiger partial charge on any atom is -0.349 e. The molecule has 3 N–H and O–H groups in total. The van der Waals surface area contributed by atoms with Gasteiger partial charge in [-0.05, 0) is 70.5 Å². The number of carbonyl (C=O) groups excluding carboxylic acids is 1. The molecule has 2 aliphatic heterocycles. The van der Waals surface area contributed by atoms with Gasteiger partial charge in [0.1, 0.15) is 0 Å². The van der Waals surface area contributed by atoms with Crippen molar-refractivity contribution in [2.75, 3.05) is 27.2 Å². The summed E-state index contributed by atoms with van der Waals surface area (Å²) in [6.07, 6.45) is 7.42. The summed E-state index contributed by atoms with van der Waals surface area (Å²) < 4.78 is 0. The highest BCUT2D eigenvalue weighted by Gasteiger charge is 2.42. The lowest BCUT2D eigenvalue weighted by Gasteiger charge is -2.38. The Labute approximate surface area is 153 Å². The maximum Gasteiger partial charge on any atom is 0.237 e. The first-order chi connectivity index (χ1) is 12.0. The molecule has 1 aliphatic carbocycles. The third-order valence-electron chi connectivity index (χ3n) is 6.76. The number of amides is 1. The molecular weight excluding hydrogens is 312 g/mol. The molecule has 0 aromatic heterocycles. The number of fused-ring (bicyclic) bond motifs is 1. The molecule has 1 amide bonds. The van der Waals surface area contributed by atoms with Crippen molar-refractivity contribution in [2.45, 2.75) is 76.5 Å². The van der Waals surface area contributed by atoms with Crippen LogP contribution in [-0.4, -0.2) is 62.2 Å². The largest absolute Gasteiger partial charge is 0.349 e. The van der Waals surface area contributed by atoms with E-state index in [2.05, 4.69) is 48.8 Å². The Hall–Kier alpha value is -0.650. The average Bonchev–Trinajstić information content (AvgIpc) is 3.00. The van der Waals surface area contributed by atoms with Crippen LogP contribution >= 0.6 is 0 Å². The topological polar surface area (TPSA) is 56.4 Å². The summed E-state index contributed by atoms with van der Waals surface area (Å²) in [5.41, 5.74) is 0. The zero-order chi connectivity index (χ0) is 18.0.